The normalized spacial score (nSPS) is 23.0. The second-order valence-corrected chi connectivity index (χ2v) is 10.7. The van der Waals surface area contributed by atoms with Crippen molar-refractivity contribution >= 4 is 29.5 Å². The van der Waals surface area contributed by atoms with Crippen molar-refractivity contribution in [3.8, 4) is 5.75 Å². The average molecular weight is 579 g/mol. The molecule has 2 aliphatic rings. The maximum atomic E-state index is 13.8. The summed E-state index contributed by atoms with van der Waals surface area (Å²) in [7, 11) is 0. The summed E-state index contributed by atoms with van der Waals surface area (Å²) in [5.74, 6) is -2.23. The quantitative estimate of drug-likeness (QED) is 0.267. The molecule has 5 amide bonds. The first-order valence-electron chi connectivity index (χ1n) is 14.2. The van der Waals surface area contributed by atoms with Gasteiger partial charge in [-0.15, -0.1) is 0 Å². The van der Waals surface area contributed by atoms with Gasteiger partial charge in [-0.25, -0.2) is 0 Å². The van der Waals surface area contributed by atoms with E-state index in [-0.39, 0.29) is 38.1 Å². The van der Waals surface area contributed by atoms with Crippen molar-refractivity contribution in [3.05, 3.63) is 65.7 Å². The molecule has 2 aromatic carbocycles. The van der Waals surface area contributed by atoms with Crippen LogP contribution >= 0.6 is 0 Å². The highest BCUT2D eigenvalue weighted by atomic mass is 16.3. The largest absolute Gasteiger partial charge is 0.508 e. The van der Waals surface area contributed by atoms with E-state index >= 15 is 0 Å². The molecule has 12 heteroatoms. The molecule has 2 aromatic rings. The number of rotatable bonds is 6. The molecule has 0 unspecified atom stereocenters. The minimum Gasteiger partial charge on any atom is -0.508 e. The molecule has 2 saturated heterocycles. The summed E-state index contributed by atoms with van der Waals surface area (Å²) in [6.45, 7) is 0.334. The predicted molar refractivity (Wildman–Crippen MR) is 154 cm³/mol. The summed E-state index contributed by atoms with van der Waals surface area (Å²) < 4.78 is 0. The molecule has 224 valence electrons. The van der Waals surface area contributed by atoms with Crippen molar-refractivity contribution < 1.29 is 29.1 Å². The molecule has 7 N–H and O–H groups in total. The molecule has 42 heavy (non-hydrogen) atoms. The summed E-state index contributed by atoms with van der Waals surface area (Å²) in [6, 6.07) is 11.8. The van der Waals surface area contributed by atoms with Gasteiger partial charge in [-0.3, -0.25) is 24.0 Å². The smallest absolute Gasteiger partial charge is 0.246 e. The first-order valence-corrected chi connectivity index (χ1v) is 14.2. The van der Waals surface area contributed by atoms with Gasteiger partial charge in [-0.2, -0.15) is 0 Å². The highest BCUT2D eigenvalue weighted by Crippen LogP contribution is 2.20. The minimum absolute atomic E-state index is 0.0935. The van der Waals surface area contributed by atoms with E-state index in [2.05, 4.69) is 21.3 Å². The van der Waals surface area contributed by atoms with Crippen LogP contribution in [0.4, 0.5) is 0 Å². The lowest BCUT2D eigenvalue weighted by atomic mass is 10.0. The average Bonchev–Trinajstić information content (AvgIpc) is 3.48. The Hall–Kier alpha value is -4.45. The molecule has 0 spiro atoms. The Morgan fingerprint density at radius 3 is 2.43 bits per heavy atom. The van der Waals surface area contributed by atoms with Crippen LogP contribution in [0.25, 0.3) is 0 Å². The van der Waals surface area contributed by atoms with Crippen LogP contribution in [0.5, 0.6) is 5.75 Å². The minimum atomic E-state index is -1.02. The number of hydrogen-bond acceptors (Lipinski definition) is 7. The number of carbonyl (C=O) groups excluding carboxylic acids is 5. The molecule has 0 aromatic heterocycles. The van der Waals surface area contributed by atoms with Gasteiger partial charge in [0.15, 0.2) is 0 Å². The number of phenols is 1. The van der Waals surface area contributed by atoms with Crippen molar-refractivity contribution in [2.24, 2.45) is 5.73 Å². The molecule has 12 nitrogen and oxygen atoms in total. The number of nitrogens with two attached hydrogens (primary N) is 1. The molecular weight excluding hydrogens is 540 g/mol. The van der Waals surface area contributed by atoms with Crippen LogP contribution in [0.3, 0.4) is 0 Å². The first kappa shape index (κ1) is 30.5. The topological polar surface area (TPSA) is 183 Å². The molecule has 4 rings (SSSR count). The van der Waals surface area contributed by atoms with E-state index in [0.29, 0.717) is 25.8 Å². The molecule has 2 fully saturated rings. The zero-order chi connectivity index (χ0) is 30.1. The third kappa shape index (κ3) is 8.29. The highest BCUT2D eigenvalue weighted by molar-refractivity contribution is 5.96. The molecule has 2 heterocycles. The fraction of sp³-hybridized carbons (Fsp3) is 0.433. The van der Waals surface area contributed by atoms with Crippen LogP contribution in [-0.4, -0.2) is 83.3 Å². The molecule has 0 radical (unpaired) electrons. The second-order valence-electron chi connectivity index (χ2n) is 10.7. The van der Waals surface area contributed by atoms with Crippen LogP contribution in [0.2, 0.25) is 0 Å². The summed E-state index contributed by atoms with van der Waals surface area (Å²) >= 11 is 0. The number of fused-ring (bicyclic) bond motifs is 1. The molecule has 0 aliphatic carbocycles. The summed E-state index contributed by atoms with van der Waals surface area (Å²) in [5.41, 5.74) is 7.71. The molecule has 2 aliphatic heterocycles. The van der Waals surface area contributed by atoms with E-state index < -0.39 is 53.7 Å². The van der Waals surface area contributed by atoms with Crippen LogP contribution in [-0.2, 0) is 36.8 Å². The molecular formula is C30H38N6O6. The van der Waals surface area contributed by atoms with Gasteiger partial charge in [0.25, 0.3) is 0 Å². The Balaban J connectivity index is 1.55. The Kier molecular flexibility index (Phi) is 10.5. The van der Waals surface area contributed by atoms with Gasteiger partial charge in [0, 0.05) is 19.5 Å². The van der Waals surface area contributed by atoms with Gasteiger partial charge < -0.3 is 37.0 Å². The predicted octanol–water partition coefficient (Wildman–Crippen LogP) is -0.508. The zero-order valence-electron chi connectivity index (χ0n) is 23.4. The second kappa shape index (κ2) is 14.4. The molecule has 4 atom stereocenters. The van der Waals surface area contributed by atoms with Crippen molar-refractivity contribution in [1.29, 1.82) is 0 Å². The standard InChI is InChI=1S/C30H38N6O6/c31-22(16-20-10-12-21(37)13-11-20)27(39)34-23-8-4-14-32-26(38)18-33-29(41)25-9-5-15-36(25)30(42)24(35-28(23)40)17-19-6-2-1-3-7-19/h1-3,6-7,10-13,22-25,37H,4-5,8-9,14-18,31H2,(H,32,38)(H,33,41)(H,34,39)(H,35,40)/t22-,23+,24-,25-/m0/s1. The van der Waals surface area contributed by atoms with Crippen LogP contribution in [0.1, 0.15) is 36.8 Å². The molecule has 0 bridgehead atoms. The summed E-state index contributed by atoms with van der Waals surface area (Å²) in [5, 5.41) is 20.4. The maximum Gasteiger partial charge on any atom is 0.246 e. The Bertz CT molecular complexity index is 1270. The van der Waals surface area contributed by atoms with E-state index in [1.807, 2.05) is 30.3 Å². The lowest BCUT2D eigenvalue weighted by molar-refractivity contribution is -0.142. The van der Waals surface area contributed by atoms with E-state index in [4.69, 9.17) is 5.73 Å². The van der Waals surface area contributed by atoms with Crippen molar-refractivity contribution in [1.82, 2.24) is 26.2 Å². The lowest BCUT2D eigenvalue weighted by Crippen LogP contribution is -2.58. The number of phenolic OH excluding ortho intramolecular Hbond substituents is 1. The number of carbonyl (C=O) groups is 5. The van der Waals surface area contributed by atoms with Gasteiger partial charge in [-0.05, 0) is 55.4 Å². The van der Waals surface area contributed by atoms with Crippen molar-refractivity contribution in [2.45, 2.75) is 62.7 Å². The van der Waals surface area contributed by atoms with Gasteiger partial charge in [0.05, 0.1) is 12.6 Å². The summed E-state index contributed by atoms with van der Waals surface area (Å²) in [4.78, 5) is 67.2. The summed E-state index contributed by atoms with van der Waals surface area (Å²) in [6.07, 6.45) is 1.95. The van der Waals surface area contributed by atoms with Gasteiger partial charge in [-0.1, -0.05) is 42.5 Å². The maximum absolute atomic E-state index is 13.8. The fourth-order valence-electron chi connectivity index (χ4n) is 5.23. The molecule has 0 saturated carbocycles. The Morgan fingerprint density at radius 2 is 1.69 bits per heavy atom. The van der Waals surface area contributed by atoms with E-state index in [1.54, 1.807) is 12.1 Å². The van der Waals surface area contributed by atoms with E-state index in [1.165, 1.54) is 17.0 Å². The monoisotopic (exact) mass is 578 g/mol. The van der Waals surface area contributed by atoms with Crippen molar-refractivity contribution in [3.63, 3.8) is 0 Å². The number of nitrogens with zero attached hydrogens (tertiary/aromatic N) is 1. The third-order valence-electron chi connectivity index (χ3n) is 7.51. The number of nitrogens with one attached hydrogen (secondary N) is 4. The number of aromatic hydroxyl groups is 1. The Labute approximate surface area is 244 Å². The number of hydrogen-bond donors (Lipinski definition) is 6. The number of amides is 5. The van der Waals surface area contributed by atoms with Crippen LogP contribution in [0, 0.1) is 0 Å². The van der Waals surface area contributed by atoms with E-state index in [0.717, 1.165) is 11.1 Å². The highest BCUT2D eigenvalue weighted by Gasteiger charge is 2.38. The van der Waals surface area contributed by atoms with Crippen LogP contribution in [0.15, 0.2) is 54.6 Å². The fourth-order valence-corrected chi connectivity index (χ4v) is 5.23. The zero-order valence-corrected chi connectivity index (χ0v) is 23.4. The lowest BCUT2D eigenvalue weighted by Gasteiger charge is -2.30. The SMILES string of the molecule is N[C@@H](Cc1ccc(O)cc1)C(=O)N[C@@H]1CCCNC(=O)CNC(=O)[C@@H]2CCCN2C(=O)[C@H](Cc2ccccc2)NC1=O. The van der Waals surface area contributed by atoms with Crippen molar-refractivity contribution in [2.75, 3.05) is 19.6 Å². The van der Waals surface area contributed by atoms with Gasteiger partial charge in [0.2, 0.25) is 29.5 Å². The van der Waals surface area contributed by atoms with Crippen LogP contribution < -0.4 is 27.0 Å². The van der Waals surface area contributed by atoms with Gasteiger partial charge >= 0.3 is 0 Å². The Morgan fingerprint density at radius 1 is 0.952 bits per heavy atom. The van der Waals surface area contributed by atoms with E-state index in [9.17, 15) is 29.1 Å². The first-order chi connectivity index (χ1) is 20.2. The third-order valence-corrected chi connectivity index (χ3v) is 7.51. The number of benzene rings is 2. The van der Waals surface area contributed by atoms with Gasteiger partial charge in [0.1, 0.15) is 23.9 Å².